The Bertz CT molecular complexity index is 219. The zero-order valence-electron chi connectivity index (χ0n) is 9.95. The Labute approximate surface area is 98.0 Å². The van der Waals surface area contributed by atoms with E-state index in [0.717, 1.165) is 12.8 Å². The molecule has 0 aliphatic carbocycles. The van der Waals surface area contributed by atoms with E-state index in [0.29, 0.717) is 11.4 Å². The molecule has 4 heteroatoms. The van der Waals surface area contributed by atoms with Gasteiger partial charge in [-0.05, 0) is 13.3 Å². The van der Waals surface area contributed by atoms with Gasteiger partial charge in [-0.2, -0.15) is 0 Å². The van der Waals surface area contributed by atoms with E-state index in [1.54, 1.807) is 11.9 Å². The summed E-state index contributed by atoms with van der Waals surface area (Å²) in [5, 5.41) is 0. The minimum absolute atomic E-state index is 0.131. The van der Waals surface area contributed by atoms with Crippen LogP contribution in [-0.2, 0) is 4.79 Å². The molecule has 1 unspecified atom stereocenters. The van der Waals surface area contributed by atoms with E-state index in [9.17, 15) is 4.79 Å². The maximum atomic E-state index is 11.7. The Morgan fingerprint density at radius 2 is 2.00 bits per heavy atom. The number of thiocarbonyl (C=S) groups is 1. The van der Waals surface area contributed by atoms with Gasteiger partial charge in [0.25, 0.3) is 0 Å². The molecule has 0 aromatic carbocycles. The molecule has 0 bridgehead atoms. The first kappa shape index (κ1) is 14.4. The minimum atomic E-state index is -0.140. The second kappa shape index (κ2) is 7.63. The van der Waals surface area contributed by atoms with Gasteiger partial charge < -0.3 is 10.6 Å². The molecule has 0 fully saturated rings. The normalized spacial score (nSPS) is 12.2. The van der Waals surface area contributed by atoms with Crippen molar-refractivity contribution in [2.75, 3.05) is 7.05 Å². The van der Waals surface area contributed by atoms with Gasteiger partial charge >= 0.3 is 0 Å². The van der Waals surface area contributed by atoms with Gasteiger partial charge in [0.15, 0.2) is 0 Å². The molecule has 1 atom stereocenters. The number of hydrogen-bond donors (Lipinski definition) is 1. The fourth-order valence-electron chi connectivity index (χ4n) is 1.29. The molecule has 0 saturated carbocycles. The lowest BCUT2D eigenvalue weighted by Gasteiger charge is -2.23. The predicted molar refractivity (Wildman–Crippen MR) is 67.8 cm³/mol. The summed E-state index contributed by atoms with van der Waals surface area (Å²) in [6, 6.07) is -0.140. The maximum absolute atomic E-state index is 11.7. The Hall–Kier alpha value is -0.640. The van der Waals surface area contributed by atoms with Gasteiger partial charge in [-0.15, -0.1) is 0 Å². The van der Waals surface area contributed by atoms with Crippen LogP contribution in [0.15, 0.2) is 0 Å². The van der Waals surface area contributed by atoms with E-state index in [4.69, 9.17) is 18.0 Å². The molecule has 0 aromatic heterocycles. The highest BCUT2D eigenvalue weighted by molar-refractivity contribution is 7.80. The molecule has 0 aliphatic heterocycles. The largest absolute Gasteiger partial charge is 0.392 e. The van der Waals surface area contributed by atoms with Crippen molar-refractivity contribution in [1.82, 2.24) is 4.90 Å². The molecule has 0 radical (unpaired) electrons. The third-order valence-electron chi connectivity index (χ3n) is 2.63. The van der Waals surface area contributed by atoms with E-state index < -0.39 is 0 Å². The highest BCUT2D eigenvalue weighted by Crippen LogP contribution is 2.06. The molecule has 0 spiro atoms. The van der Waals surface area contributed by atoms with Crippen molar-refractivity contribution in [3.8, 4) is 0 Å². The summed E-state index contributed by atoms with van der Waals surface area (Å²) in [5.74, 6) is 0.131. The summed E-state index contributed by atoms with van der Waals surface area (Å²) in [7, 11) is 1.76. The average molecular weight is 230 g/mol. The quantitative estimate of drug-likeness (QED) is 0.538. The van der Waals surface area contributed by atoms with Gasteiger partial charge in [-0.3, -0.25) is 4.79 Å². The van der Waals surface area contributed by atoms with Crippen LogP contribution < -0.4 is 5.73 Å². The smallest absolute Gasteiger partial charge is 0.222 e. The molecule has 88 valence electrons. The summed E-state index contributed by atoms with van der Waals surface area (Å²) in [6.45, 7) is 4.01. The van der Waals surface area contributed by atoms with Crippen LogP contribution in [0.2, 0.25) is 0 Å². The van der Waals surface area contributed by atoms with E-state index >= 15 is 0 Å². The van der Waals surface area contributed by atoms with Crippen molar-refractivity contribution < 1.29 is 4.79 Å². The molecule has 0 aliphatic rings. The third-order valence-corrected chi connectivity index (χ3v) is 2.97. The van der Waals surface area contributed by atoms with Gasteiger partial charge in [-0.1, -0.05) is 38.4 Å². The van der Waals surface area contributed by atoms with Crippen LogP contribution in [-0.4, -0.2) is 28.9 Å². The maximum Gasteiger partial charge on any atom is 0.222 e. The Morgan fingerprint density at radius 1 is 1.40 bits per heavy atom. The zero-order chi connectivity index (χ0) is 11.8. The number of carbonyl (C=O) groups is 1. The number of rotatable bonds is 7. The lowest BCUT2D eigenvalue weighted by atomic mass is 10.1. The highest BCUT2D eigenvalue weighted by atomic mass is 32.1. The van der Waals surface area contributed by atoms with Gasteiger partial charge in [0, 0.05) is 13.5 Å². The number of carbonyl (C=O) groups excluding carboxylic acids is 1. The molecule has 3 nitrogen and oxygen atoms in total. The molecule has 0 saturated heterocycles. The topological polar surface area (TPSA) is 46.3 Å². The SMILES string of the molecule is CCCCCCC(=O)N(C)C(C)C(N)=S. The van der Waals surface area contributed by atoms with Crippen molar-refractivity contribution in [2.45, 2.75) is 52.0 Å². The summed E-state index contributed by atoms with van der Waals surface area (Å²) < 4.78 is 0. The fraction of sp³-hybridized carbons (Fsp3) is 0.818. The van der Waals surface area contributed by atoms with Crippen molar-refractivity contribution in [3.05, 3.63) is 0 Å². The fourth-order valence-corrected chi connectivity index (χ4v) is 1.44. The monoisotopic (exact) mass is 230 g/mol. The van der Waals surface area contributed by atoms with E-state index in [2.05, 4.69) is 6.92 Å². The molecular weight excluding hydrogens is 208 g/mol. The second-order valence-corrected chi connectivity index (χ2v) is 4.37. The van der Waals surface area contributed by atoms with Crippen molar-refractivity contribution in [1.29, 1.82) is 0 Å². The second-order valence-electron chi connectivity index (χ2n) is 3.89. The molecular formula is C11H22N2OS. The summed E-state index contributed by atoms with van der Waals surface area (Å²) >= 11 is 4.85. The van der Waals surface area contributed by atoms with Crippen LogP contribution in [0, 0.1) is 0 Å². The molecule has 15 heavy (non-hydrogen) atoms. The lowest BCUT2D eigenvalue weighted by molar-refractivity contribution is -0.130. The molecule has 0 heterocycles. The number of nitrogens with two attached hydrogens (primary N) is 1. The van der Waals surface area contributed by atoms with E-state index in [-0.39, 0.29) is 11.9 Å². The van der Waals surface area contributed by atoms with Gasteiger partial charge in [0.05, 0.1) is 11.0 Å². The standard InChI is InChI=1S/C11H22N2OS/c1-4-5-6-7-8-10(14)13(3)9(2)11(12)15/h9H,4-8H2,1-3H3,(H2,12,15). The van der Waals surface area contributed by atoms with Crippen LogP contribution >= 0.6 is 12.2 Å². The van der Waals surface area contributed by atoms with Gasteiger partial charge in [0.2, 0.25) is 5.91 Å². The van der Waals surface area contributed by atoms with Crippen LogP contribution in [0.5, 0.6) is 0 Å². The van der Waals surface area contributed by atoms with Crippen LogP contribution in [0.3, 0.4) is 0 Å². The summed E-state index contributed by atoms with van der Waals surface area (Å²) in [6.07, 6.45) is 5.07. The number of amides is 1. The highest BCUT2D eigenvalue weighted by Gasteiger charge is 2.16. The van der Waals surface area contributed by atoms with E-state index in [1.165, 1.54) is 12.8 Å². The van der Waals surface area contributed by atoms with Crippen LogP contribution in [0.1, 0.15) is 46.0 Å². The Balaban J connectivity index is 3.84. The Morgan fingerprint density at radius 3 is 2.47 bits per heavy atom. The molecule has 2 N–H and O–H groups in total. The summed E-state index contributed by atoms with van der Waals surface area (Å²) in [4.78, 5) is 13.7. The lowest BCUT2D eigenvalue weighted by Crippen LogP contribution is -2.42. The number of likely N-dealkylation sites (N-methyl/N-ethyl adjacent to an activating group) is 1. The first-order valence-corrected chi connectivity index (χ1v) is 5.96. The number of hydrogen-bond acceptors (Lipinski definition) is 2. The van der Waals surface area contributed by atoms with Crippen LogP contribution in [0.4, 0.5) is 0 Å². The van der Waals surface area contributed by atoms with Crippen molar-refractivity contribution >= 4 is 23.1 Å². The Kier molecular flexibility index (Phi) is 7.30. The van der Waals surface area contributed by atoms with Crippen molar-refractivity contribution in [2.24, 2.45) is 5.73 Å². The summed E-state index contributed by atoms with van der Waals surface area (Å²) in [5.41, 5.74) is 5.49. The molecule has 0 aromatic rings. The van der Waals surface area contributed by atoms with E-state index in [1.807, 2.05) is 6.92 Å². The van der Waals surface area contributed by atoms with Crippen molar-refractivity contribution in [3.63, 3.8) is 0 Å². The predicted octanol–water partition coefficient (Wildman–Crippen LogP) is 2.09. The minimum Gasteiger partial charge on any atom is -0.392 e. The van der Waals surface area contributed by atoms with Gasteiger partial charge in [0.1, 0.15) is 0 Å². The van der Waals surface area contributed by atoms with Crippen LogP contribution in [0.25, 0.3) is 0 Å². The molecule has 0 rings (SSSR count). The first-order chi connectivity index (χ1) is 7.00. The molecule has 1 amide bonds. The first-order valence-electron chi connectivity index (χ1n) is 5.55. The number of nitrogens with zero attached hydrogens (tertiary/aromatic N) is 1. The number of unbranched alkanes of at least 4 members (excludes halogenated alkanes) is 3. The average Bonchev–Trinajstić information content (AvgIpc) is 2.21. The zero-order valence-corrected chi connectivity index (χ0v) is 10.8. The third kappa shape index (κ3) is 5.72. The van der Waals surface area contributed by atoms with Gasteiger partial charge in [-0.25, -0.2) is 0 Å².